The number of aryl methyl sites for hydroxylation is 1. The molecule has 1 spiro atoms. The molecule has 1 aromatic carbocycles. The van der Waals surface area contributed by atoms with Crippen molar-refractivity contribution in [3.63, 3.8) is 0 Å². The number of aromatic nitrogens is 2. The van der Waals surface area contributed by atoms with E-state index in [-0.39, 0.29) is 18.4 Å². The van der Waals surface area contributed by atoms with Crippen molar-refractivity contribution < 1.29 is 23.2 Å². The van der Waals surface area contributed by atoms with Crippen LogP contribution in [0.25, 0.3) is 16.7 Å². The lowest BCUT2D eigenvalue weighted by atomic mass is 9.80. The second-order valence-electron chi connectivity index (χ2n) is 8.77. The van der Waals surface area contributed by atoms with Gasteiger partial charge < -0.3 is 5.32 Å². The number of hydrogen-bond donors (Lipinski definition) is 1. The number of nitrogens with zero attached hydrogens (tertiary/aromatic N) is 3. The maximum atomic E-state index is 13.5. The fourth-order valence-corrected chi connectivity index (χ4v) is 4.72. The van der Waals surface area contributed by atoms with E-state index in [2.05, 4.69) is 10.3 Å². The molecule has 7 nitrogen and oxygen atoms in total. The number of pyridine rings is 1. The number of carbonyl (C=O) groups excluding carboxylic acids is 3. The van der Waals surface area contributed by atoms with Crippen LogP contribution in [0.3, 0.4) is 0 Å². The fraction of sp³-hybridized carbons (Fsp3) is 0.333. The van der Waals surface area contributed by atoms with E-state index in [1.54, 1.807) is 12.1 Å². The van der Waals surface area contributed by atoms with Gasteiger partial charge in [-0.3, -0.25) is 19.1 Å². The lowest BCUT2D eigenvalue weighted by molar-refractivity contribution is -0.135. The molecule has 3 heterocycles. The summed E-state index contributed by atoms with van der Waals surface area (Å²) in [6, 6.07) is 12.5. The molecule has 33 heavy (non-hydrogen) atoms. The number of urea groups is 1. The van der Waals surface area contributed by atoms with Crippen LogP contribution in [-0.4, -0.2) is 50.2 Å². The highest BCUT2D eigenvalue weighted by Gasteiger charge is 2.55. The molecule has 1 aliphatic carbocycles. The Hall–Kier alpha value is -3.62. The summed E-state index contributed by atoms with van der Waals surface area (Å²) >= 11 is 0. The van der Waals surface area contributed by atoms with Crippen molar-refractivity contribution in [1.82, 2.24) is 19.8 Å². The number of amides is 3. The number of carbonyl (C=O) groups is 3. The lowest BCUT2D eigenvalue weighted by Gasteiger charge is -2.34. The van der Waals surface area contributed by atoms with Gasteiger partial charge in [0.05, 0.1) is 12.1 Å². The molecule has 0 unspecified atom stereocenters. The number of para-hydroxylation sites is 1. The summed E-state index contributed by atoms with van der Waals surface area (Å²) in [5, 5.41) is 3.62. The van der Waals surface area contributed by atoms with E-state index < -0.39 is 48.6 Å². The Labute approximate surface area is 188 Å². The van der Waals surface area contributed by atoms with Crippen LogP contribution in [-0.2, 0) is 4.79 Å². The summed E-state index contributed by atoms with van der Waals surface area (Å²) in [5.74, 6) is -3.27. The third-order valence-electron chi connectivity index (χ3n) is 6.58. The normalized spacial score (nSPS) is 19.3. The Morgan fingerprint density at radius 2 is 1.82 bits per heavy atom. The zero-order valence-corrected chi connectivity index (χ0v) is 18.0. The molecule has 2 aliphatic rings. The predicted octanol–water partition coefficient (Wildman–Crippen LogP) is 4.02. The Morgan fingerprint density at radius 3 is 2.52 bits per heavy atom. The minimum Gasteiger partial charge on any atom is -0.323 e. The molecule has 1 saturated heterocycles. The van der Waals surface area contributed by atoms with E-state index in [0.29, 0.717) is 5.82 Å². The minimum atomic E-state index is -2.84. The van der Waals surface area contributed by atoms with Crippen molar-refractivity contribution in [2.24, 2.45) is 0 Å². The van der Waals surface area contributed by atoms with E-state index in [1.165, 1.54) is 6.20 Å². The van der Waals surface area contributed by atoms with Crippen LogP contribution in [0, 0.1) is 6.92 Å². The molecule has 0 atom stereocenters. The van der Waals surface area contributed by atoms with Crippen LogP contribution in [0.4, 0.5) is 13.6 Å². The maximum absolute atomic E-state index is 13.5. The number of fused-ring (bicyclic) bond motifs is 1. The maximum Gasteiger partial charge on any atom is 0.325 e. The molecule has 2 fully saturated rings. The zero-order chi connectivity index (χ0) is 23.4. The van der Waals surface area contributed by atoms with Crippen molar-refractivity contribution >= 4 is 28.6 Å². The van der Waals surface area contributed by atoms with Gasteiger partial charge in [0, 0.05) is 35.7 Å². The topological polar surface area (TPSA) is 84.3 Å². The zero-order valence-electron chi connectivity index (χ0n) is 18.0. The van der Waals surface area contributed by atoms with Gasteiger partial charge in [-0.2, -0.15) is 0 Å². The first-order valence-electron chi connectivity index (χ1n) is 10.8. The summed E-state index contributed by atoms with van der Waals surface area (Å²) in [7, 11) is 0. The highest BCUT2D eigenvalue weighted by molar-refractivity contribution is 6.11. The average molecular weight is 452 g/mol. The number of nitrogens with one attached hydrogen (secondary N) is 1. The summed E-state index contributed by atoms with van der Waals surface area (Å²) in [6.45, 7) is 1.50. The number of ketones is 1. The largest absolute Gasteiger partial charge is 0.325 e. The van der Waals surface area contributed by atoms with Crippen molar-refractivity contribution in [3.05, 3.63) is 59.9 Å². The molecule has 2 aromatic heterocycles. The van der Waals surface area contributed by atoms with Crippen LogP contribution >= 0.6 is 0 Å². The Morgan fingerprint density at radius 1 is 1.09 bits per heavy atom. The number of Topliss-reactive ketones (excluding diaryl/α,β-unsaturated/α-hetero) is 1. The van der Waals surface area contributed by atoms with Gasteiger partial charge in [-0.15, -0.1) is 0 Å². The van der Waals surface area contributed by atoms with Crippen molar-refractivity contribution in [2.75, 3.05) is 6.54 Å². The summed E-state index contributed by atoms with van der Waals surface area (Å²) in [6.07, 6.45) is 0.187. The van der Waals surface area contributed by atoms with Crippen LogP contribution in [0.15, 0.2) is 48.7 Å². The van der Waals surface area contributed by atoms with Crippen LogP contribution in [0.2, 0.25) is 0 Å². The van der Waals surface area contributed by atoms with Crippen LogP contribution in [0.1, 0.15) is 41.7 Å². The van der Waals surface area contributed by atoms with E-state index in [9.17, 15) is 23.2 Å². The van der Waals surface area contributed by atoms with E-state index in [0.717, 1.165) is 21.5 Å². The molecule has 9 heteroatoms. The standard InChI is InChI=1S/C24H22F2N4O3/c1-15-12-16-4-2-3-5-18(16)30(15)20-7-6-17(13-27-20)19(31)14-29-21(32)23(28-22(29)33)8-10-24(25,26)11-9-23/h2-7,12-13H,8-11,14H2,1H3,(H,28,33). The van der Waals surface area contributed by atoms with Crippen LogP contribution in [0.5, 0.6) is 0 Å². The molecule has 5 rings (SSSR count). The first-order valence-corrected chi connectivity index (χ1v) is 10.8. The number of hydrogen-bond acceptors (Lipinski definition) is 4. The number of benzene rings is 1. The van der Waals surface area contributed by atoms with E-state index in [1.807, 2.05) is 41.8 Å². The van der Waals surface area contributed by atoms with Gasteiger partial charge in [-0.25, -0.2) is 18.6 Å². The molecular formula is C24H22F2N4O3. The summed E-state index contributed by atoms with van der Waals surface area (Å²) < 4.78 is 29.1. The third kappa shape index (κ3) is 3.57. The molecule has 0 bridgehead atoms. The van der Waals surface area contributed by atoms with Crippen molar-refractivity contribution in [2.45, 2.75) is 44.1 Å². The highest BCUT2D eigenvalue weighted by Crippen LogP contribution is 2.41. The molecule has 0 radical (unpaired) electrons. The number of imide groups is 1. The SMILES string of the molecule is Cc1cc2ccccc2n1-c1ccc(C(=O)CN2C(=O)NC3(CCC(F)(F)CC3)C2=O)cn1. The third-order valence-corrected chi connectivity index (χ3v) is 6.58. The fourth-order valence-electron chi connectivity index (χ4n) is 4.72. The molecule has 3 aromatic rings. The van der Waals surface area contributed by atoms with Gasteiger partial charge >= 0.3 is 6.03 Å². The number of alkyl halides is 2. The van der Waals surface area contributed by atoms with Gasteiger partial charge in [-0.05, 0) is 44.0 Å². The molecular weight excluding hydrogens is 430 g/mol. The first-order chi connectivity index (χ1) is 15.7. The number of halogens is 2. The summed E-state index contributed by atoms with van der Waals surface area (Å²) in [4.78, 5) is 43.3. The van der Waals surface area contributed by atoms with Crippen LogP contribution < -0.4 is 5.32 Å². The van der Waals surface area contributed by atoms with E-state index >= 15 is 0 Å². The van der Waals surface area contributed by atoms with Gasteiger partial charge in [0.25, 0.3) is 5.91 Å². The smallest absolute Gasteiger partial charge is 0.323 e. The Bertz CT molecular complexity index is 1270. The summed E-state index contributed by atoms with van der Waals surface area (Å²) in [5.41, 5.74) is 0.896. The first kappa shape index (κ1) is 21.2. The van der Waals surface area contributed by atoms with Crippen molar-refractivity contribution in [3.8, 4) is 5.82 Å². The second-order valence-corrected chi connectivity index (χ2v) is 8.77. The second kappa shape index (κ2) is 7.47. The van der Waals surface area contributed by atoms with Crippen molar-refractivity contribution in [1.29, 1.82) is 0 Å². The van der Waals surface area contributed by atoms with Gasteiger partial charge in [0.1, 0.15) is 11.4 Å². The quantitative estimate of drug-likeness (QED) is 0.479. The molecule has 1 N–H and O–H groups in total. The van der Waals surface area contributed by atoms with Gasteiger partial charge in [0.15, 0.2) is 5.78 Å². The van der Waals surface area contributed by atoms with Gasteiger partial charge in [0.2, 0.25) is 5.92 Å². The van der Waals surface area contributed by atoms with E-state index in [4.69, 9.17) is 0 Å². The molecule has 1 saturated carbocycles. The molecule has 3 amide bonds. The number of rotatable bonds is 4. The minimum absolute atomic E-state index is 0.143. The molecule has 170 valence electrons. The molecule has 1 aliphatic heterocycles. The lowest BCUT2D eigenvalue weighted by Crippen LogP contribution is -2.51. The van der Waals surface area contributed by atoms with Gasteiger partial charge in [-0.1, -0.05) is 18.2 Å². The predicted molar refractivity (Wildman–Crippen MR) is 117 cm³/mol. The Balaban J connectivity index is 1.33. The monoisotopic (exact) mass is 452 g/mol. The highest BCUT2D eigenvalue weighted by atomic mass is 19.3. The Kier molecular flexibility index (Phi) is 4.81. The average Bonchev–Trinajstić information content (AvgIpc) is 3.24.